The van der Waals surface area contributed by atoms with Crippen LogP contribution in [-0.2, 0) is 0 Å². The topological polar surface area (TPSA) is 62.1 Å². The predicted octanol–water partition coefficient (Wildman–Crippen LogP) is 3.27. The van der Waals surface area contributed by atoms with Gasteiger partial charge in [0.1, 0.15) is 5.39 Å². The molecule has 6 nitrogen and oxygen atoms in total. The van der Waals surface area contributed by atoms with Crippen molar-refractivity contribution in [2.45, 2.75) is 13.8 Å². The molecular weight excluding hydrogens is 304 g/mol. The number of fused-ring (bicyclic) bond motifs is 1. The summed E-state index contributed by atoms with van der Waals surface area (Å²) in [6, 6.07) is 7.63. The SMILES string of the molecule is CCOc1nc(OCC)c2cnn(-c3ccc(Cl)cc3)c2n1. The Kier molecular flexibility index (Phi) is 4.11. The van der Waals surface area contributed by atoms with E-state index in [0.717, 1.165) is 11.1 Å². The molecule has 0 aliphatic carbocycles. The Hall–Kier alpha value is -2.34. The summed E-state index contributed by atoms with van der Waals surface area (Å²) in [4.78, 5) is 8.69. The summed E-state index contributed by atoms with van der Waals surface area (Å²) in [6.45, 7) is 4.76. The molecule has 2 heterocycles. The van der Waals surface area contributed by atoms with Crippen LogP contribution in [0.25, 0.3) is 16.7 Å². The highest BCUT2D eigenvalue weighted by atomic mass is 35.5. The van der Waals surface area contributed by atoms with E-state index in [2.05, 4.69) is 15.1 Å². The van der Waals surface area contributed by atoms with Crippen LogP contribution >= 0.6 is 11.6 Å². The molecular formula is C15H15ClN4O2. The highest BCUT2D eigenvalue weighted by Crippen LogP contribution is 2.27. The lowest BCUT2D eigenvalue weighted by atomic mass is 10.3. The summed E-state index contributed by atoms with van der Waals surface area (Å²) < 4.78 is 12.7. The van der Waals surface area contributed by atoms with Crippen LogP contribution < -0.4 is 9.47 Å². The lowest BCUT2D eigenvalue weighted by molar-refractivity contribution is 0.292. The molecule has 114 valence electrons. The highest BCUT2D eigenvalue weighted by molar-refractivity contribution is 6.30. The van der Waals surface area contributed by atoms with Gasteiger partial charge in [-0.1, -0.05) is 11.6 Å². The Morgan fingerprint density at radius 1 is 1.05 bits per heavy atom. The quantitative estimate of drug-likeness (QED) is 0.722. The molecule has 0 saturated heterocycles. The van der Waals surface area contributed by atoms with Gasteiger partial charge in [-0.15, -0.1) is 0 Å². The molecule has 0 radical (unpaired) electrons. The lowest BCUT2D eigenvalue weighted by Gasteiger charge is -2.08. The number of hydrogen-bond donors (Lipinski definition) is 0. The molecule has 7 heteroatoms. The van der Waals surface area contributed by atoms with E-state index < -0.39 is 0 Å². The fourth-order valence-corrected chi connectivity index (χ4v) is 2.20. The molecule has 0 aliphatic rings. The minimum Gasteiger partial charge on any atom is -0.477 e. The molecule has 0 aliphatic heterocycles. The van der Waals surface area contributed by atoms with E-state index in [1.165, 1.54) is 0 Å². The monoisotopic (exact) mass is 318 g/mol. The number of rotatable bonds is 5. The second-order valence-corrected chi connectivity index (χ2v) is 4.88. The second kappa shape index (κ2) is 6.19. The maximum absolute atomic E-state index is 5.93. The fourth-order valence-electron chi connectivity index (χ4n) is 2.07. The smallest absolute Gasteiger partial charge is 0.321 e. The van der Waals surface area contributed by atoms with E-state index in [9.17, 15) is 0 Å². The first-order valence-corrected chi connectivity index (χ1v) is 7.38. The van der Waals surface area contributed by atoms with Crippen LogP contribution in [0.2, 0.25) is 5.02 Å². The van der Waals surface area contributed by atoms with Crippen molar-refractivity contribution in [1.29, 1.82) is 0 Å². The molecule has 1 aromatic carbocycles. The molecule has 22 heavy (non-hydrogen) atoms. The summed E-state index contributed by atoms with van der Waals surface area (Å²) >= 11 is 5.93. The standard InChI is InChI=1S/C15H15ClN4O2/c1-3-21-14-12-9-17-20(11-7-5-10(16)6-8-11)13(12)18-15(19-14)22-4-2/h5-9H,3-4H2,1-2H3. The molecule has 0 unspecified atom stereocenters. The Morgan fingerprint density at radius 2 is 1.77 bits per heavy atom. The van der Waals surface area contributed by atoms with Crippen molar-refractivity contribution < 1.29 is 9.47 Å². The summed E-state index contributed by atoms with van der Waals surface area (Å²) in [7, 11) is 0. The number of benzene rings is 1. The largest absolute Gasteiger partial charge is 0.477 e. The number of halogens is 1. The van der Waals surface area contributed by atoms with Crippen LogP contribution in [0.1, 0.15) is 13.8 Å². The van der Waals surface area contributed by atoms with Crippen molar-refractivity contribution in [2.24, 2.45) is 0 Å². The van der Waals surface area contributed by atoms with Gasteiger partial charge in [0.25, 0.3) is 0 Å². The van der Waals surface area contributed by atoms with Gasteiger partial charge in [0.15, 0.2) is 5.65 Å². The van der Waals surface area contributed by atoms with Crippen molar-refractivity contribution in [1.82, 2.24) is 19.7 Å². The third-order valence-corrected chi connectivity index (χ3v) is 3.25. The van der Waals surface area contributed by atoms with E-state index in [4.69, 9.17) is 21.1 Å². The average Bonchev–Trinajstić information content (AvgIpc) is 2.93. The molecule has 0 bridgehead atoms. The number of ether oxygens (including phenoxy) is 2. The predicted molar refractivity (Wildman–Crippen MR) is 84.0 cm³/mol. The van der Waals surface area contributed by atoms with Crippen LogP contribution in [0.15, 0.2) is 30.5 Å². The molecule has 0 amide bonds. The van der Waals surface area contributed by atoms with Gasteiger partial charge in [-0.3, -0.25) is 0 Å². The van der Waals surface area contributed by atoms with Crippen LogP contribution in [0.3, 0.4) is 0 Å². The van der Waals surface area contributed by atoms with Crippen molar-refractivity contribution in [3.63, 3.8) is 0 Å². The van der Waals surface area contributed by atoms with E-state index in [1.807, 2.05) is 26.0 Å². The Morgan fingerprint density at radius 3 is 2.45 bits per heavy atom. The maximum atomic E-state index is 5.93. The van der Waals surface area contributed by atoms with Gasteiger partial charge in [0.2, 0.25) is 5.88 Å². The van der Waals surface area contributed by atoms with Crippen molar-refractivity contribution in [3.8, 4) is 17.6 Å². The minimum atomic E-state index is 0.272. The zero-order valence-corrected chi connectivity index (χ0v) is 13.0. The molecule has 0 fully saturated rings. The van der Waals surface area contributed by atoms with E-state index in [0.29, 0.717) is 29.8 Å². The molecule has 3 rings (SSSR count). The van der Waals surface area contributed by atoms with Crippen LogP contribution in [0.4, 0.5) is 0 Å². The number of hydrogen-bond acceptors (Lipinski definition) is 5. The minimum absolute atomic E-state index is 0.272. The zero-order chi connectivity index (χ0) is 15.5. The average molecular weight is 319 g/mol. The third kappa shape index (κ3) is 2.69. The normalized spacial score (nSPS) is 10.9. The molecule has 0 spiro atoms. The molecule has 2 aromatic heterocycles. The van der Waals surface area contributed by atoms with Gasteiger partial charge < -0.3 is 9.47 Å². The van der Waals surface area contributed by atoms with Crippen LogP contribution in [0, 0.1) is 0 Å². The van der Waals surface area contributed by atoms with Crippen LogP contribution in [-0.4, -0.2) is 33.0 Å². The van der Waals surface area contributed by atoms with E-state index in [-0.39, 0.29) is 6.01 Å². The summed E-state index contributed by atoms with van der Waals surface area (Å²) in [5.74, 6) is 0.469. The van der Waals surface area contributed by atoms with Crippen LogP contribution in [0.5, 0.6) is 11.9 Å². The third-order valence-electron chi connectivity index (χ3n) is 3.00. The van der Waals surface area contributed by atoms with E-state index in [1.54, 1.807) is 23.0 Å². The molecule has 0 atom stereocenters. The molecule has 0 N–H and O–H groups in total. The Balaban J connectivity index is 2.17. The van der Waals surface area contributed by atoms with Crippen molar-refractivity contribution in [2.75, 3.05) is 13.2 Å². The van der Waals surface area contributed by atoms with Crippen molar-refractivity contribution >= 4 is 22.6 Å². The highest BCUT2D eigenvalue weighted by Gasteiger charge is 2.15. The van der Waals surface area contributed by atoms with Gasteiger partial charge in [-0.2, -0.15) is 15.1 Å². The van der Waals surface area contributed by atoms with Gasteiger partial charge in [0.05, 0.1) is 25.1 Å². The Bertz CT molecular complexity index is 786. The van der Waals surface area contributed by atoms with Gasteiger partial charge in [-0.25, -0.2) is 4.68 Å². The van der Waals surface area contributed by atoms with Gasteiger partial charge >= 0.3 is 6.01 Å². The fraction of sp³-hybridized carbons (Fsp3) is 0.267. The summed E-state index contributed by atoms with van der Waals surface area (Å²) in [6.07, 6.45) is 1.69. The first-order valence-electron chi connectivity index (χ1n) is 7.00. The zero-order valence-electron chi connectivity index (χ0n) is 12.3. The summed E-state index contributed by atoms with van der Waals surface area (Å²) in [5.41, 5.74) is 1.48. The van der Waals surface area contributed by atoms with Crippen molar-refractivity contribution in [3.05, 3.63) is 35.5 Å². The Labute approximate surface area is 132 Å². The number of nitrogens with zero attached hydrogens (tertiary/aromatic N) is 4. The number of aromatic nitrogens is 4. The van der Waals surface area contributed by atoms with E-state index >= 15 is 0 Å². The first-order chi connectivity index (χ1) is 10.7. The lowest BCUT2D eigenvalue weighted by Crippen LogP contribution is -2.04. The van der Waals surface area contributed by atoms with Gasteiger partial charge in [0, 0.05) is 5.02 Å². The first kappa shape index (κ1) is 14.6. The molecule has 0 saturated carbocycles. The summed E-state index contributed by atoms with van der Waals surface area (Å²) in [5, 5.41) is 5.78. The second-order valence-electron chi connectivity index (χ2n) is 4.45. The van der Waals surface area contributed by atoms with Gasteiger partial charge in [-0.05, 0) is 38.1 Å². The maximum Gasteiger partial charge on any atom is 0.321 e. The molecule has 3 aromatic rings.